The van der Waals surface area contributed by atoms with E-state index in [1.807, 2.05) is 25.3 Å². The van der Waals surface area contributed by atoms with Gasteiger partial charge in [-0.05, 0) is 51.2 Å². The van der Waals surface area contributed by atoms with Gasteiger partial charge in [-0.15, -0.1) is 0 Å². The van der Waals surface area contributed by atoms with Crippen LogP contribution in [0.1, 0.15) is 20.8 Å². The summed E-state index contributed by atoms with van der Waals surface area (Å²) >= 11 is 11.0. The Morgan fingerprint density at radius 1 is 1.39 bits per heavy atom. The van der Waals surface area contributed by atoms with Gasteiger partial charge in [-0.25, -0.2) is 4.39 Å². The number of H-pyrrole nitrogens is 1. The Kier molecular flexibility index (Phi) is 3.29. The molecule has 0 aliphatic carbocycles. The van der Waals surface area contributed by atoms with Crippen molar-refractivity contribution >= 4 is 23.8 Å². The molecule has 0 fully saturated rings. The molecule has 0 unspecified atom stereocenters. The first-order chi connectivity index (χ1) is 8.30. The second-order valence-corrected chi connectivity index (χ2v) is 5.78. The number of hydrogen-bond donors (Lipinski definition) is 1. The number of benzene rings is 1. The molecule has 0 amide bonds. The van der Waals surface area contributed by atoms with Gasteiger partial charge in [0, 0.05) is 11.1 Å². The van der Waals surface area contributed by atoms with Gasteiger partial charge in [0.1, 0.15) is 5.82 Å². The van der Waals surface area contributed by atoms with Crippen LogP contribution in [0.2, 0.25) is 5.02 Å². The van der Waals surface area contributed by atoms with E-state index in [9.17, 15) is 4.39 Å². The maximum Gasteiger partial charge on any atom is 0.195 e. The van der Waals surface area contributed by atoms with E-state index >= 15 is 0 Å². The van der Waals surface area contributed by atoms with Crippen molar-refractivity contribution in [2.24, 2.45) is 0 Å². The molecule has 1 aromatic carbocycles. The average molecular weight is 286 g/mol. The Morgan fingerprint density at radius 3 is 2.61 bits per heavy atom. The Bertz CT molecular complexity index is 640. The van der Waals surface area contributed by atoms with Crippen molar-refractivity contribution in [1.29, 1.82) is 0 Å². The van der Waals surface area contributed by atoms with E-state index in [-0.39, 0.29) is 10.6 Å². The minimum Gasteiger partial charge on any atom is -0.295 e. The minimum absolute atomic E-state index is 0.0712. The van der Waals surface area contributed by atoms with Gasteiger partial charge in [0.15, 0.2) is 10.6 Å². The highest BCUT2D eigenvalue weighted by Crippen LogP contribution is 2.27. The Balaban J connectivity index is 2.65. The van der Waals surface area contributed by atoms with Gasteiger partial charge in [0.05, 0.1) is 5.02 Å². The molecular weight excluding hydrogens is 273 g/mol. The lowest BCUT2D eigenvalue weighted by atomic mass is 10.1. The van der Waals surface area contributed by atoms with E-state index < -0.39 is 5.82 Å². The molecule has 1 heterocycles. The number of aromatic amines is 1. The summed E-state index contributed by atoms with van der Waals surface area (Å²) in [5.41, 5.74) is 0.504. The first-order valence-electron chi connectivity index (χ1n) is 5.44. The van der Waals surface area contributed by atoms with Crippen LogP contribution in [0.5, 0.6) is 0 Å². The Hall–Kier alpha value is -1.20. The highest BCUT2D eigenvalue weighted by molar-refractivity contribution is 7.71. The van der Waals surface area contributed by atoms with Gasteiger partial charge in [0.2, 0.25) is 0 Å². The van der Waals surface area contributed by atoms with Crippen molar-refractivity contribution in [3.8, 4) is 11.4 Å². The lowest BCUT2D eigenvalue weighted by molar-refractivity contribution is 0.395. The molecular formula is C12H13ClFN3S. The van der Waals surface area contributed by atoms with E-state index in [0.29, 0.717) is 10.6 Å². The summed E-state index contributed by atoms with van der Waals surface area (Å²) in [6.45, 7) is 6.06. The zero-order valence-corrected chi connectivity index (χ0v) is 11.9. The predicted octanol–water partition coefficient (Wildman–Crippen LogP) is 4.16. The molecule has 0 atom stereocenters. The third kappa shape index (κ3) is 2.33. The van der Waals surface area contributed by atoms with Crippen molar-refractivity contribution in [2.75, 3.05) is 0 Å². The van der Waals surface area contributed by atoms with E-state index in [2.05, 4.69) is 10.2 Å². The molecule has 0 saturated carbocycles. The summed E-state index contributed by atoms with van der Waals surface area (Å²) in [6.07, 6.45) is 0. The molecule has 0 bridgehead atoms. The highest BCUT2D eigenvalue weighted by Gasteiger charge is 2.20. The zero-order valence-electron chi connectivity index (χ0n) is 10.3. The molecule has 1 N–H and O–H groups in total. The van der Waals surface area contributed by atoms with Gasteiger partial charge in [0.25, 0.3) is 0 Å². The summed E-state index contributed by atoms with van der Waals surface area (Å²) in [5, 5.41) is 7.01. The van der Waals surface area contributed by atoms with E-state index in [4.69, 9.17) is 23.8 Å². The summed E-state index contributed by atoms with van der Waals surface area (Å²) in [4.78, 5) is 0. The van der Waals surface area contributed by atoms with E-state index in [1.54, 1.807) is 12.1 Å². The van der Waals surface area contributed by atoms with Crippen LogP contribution in [-0.2, 0) is 5.54 Å². The van der Waals surface area contributed by atoms with Crippen LogP contribution in [-0.4, -0.2) is 14.8 Å². The van der Waals surface area contributed by atoms with Gasteiger partial charge >= 0.3 is 0 Å². The summed E-state index contributed by atoms with van der Waals surface area (Å²) < 4.78 is 15.6. The fourth-order valence-corrected chi connectivity index (χ4v) is 2.33. The van der Waals surface area contributed by atoms with Crippen LogP contribution in [0.25, 0.3) is 11.4 Å². The number of nitrogens with zero attached hydrogens (tertiary/aromatic N) is 2. The third-order valence-electron chi connectivity index (χ3n) is 2.52. The molecule has 1 aromatic heterocycles. The molecule has 0 aliphatic heterocycles. The number of nitrogens with one attached hydrogen (secondary N) is 1. The van der Waals surface area contributed by atoms with Crippen molar-refractivity contribution in [3.05, 3.63) is 33.8 Å². The lowest BCUT2D eigenvalue weighted by Gasteiger charge is -2.22. The largest absolute Gasteiger partial charge is 0.295 e. The first kappa shape index (κ1) is 13.2. The monoisotopic (exact) mass is 285 g/mol. The molecule has 2 aromatic rings. The maximum absolute atomic E-state index is 13.2. The standard InChI is InChI=1S/C12H13ClFN3S/c1-12(2,3)17-10(15-16-11(17)18)7-4-5-9(14)8(13)6-7/h4-6H,1-3H3,(H,16,18). The fraction of sp³-hybridized carbons (Fsp3) is 0.333. The average Bonchev–Trinajstić information content (AvgIpc) is 2.64. The highest BCUT2D eigenvalue weighted by atomic mass is 35.5. The second-order valence-electron chi connectivity index (χ2n) is 4.99. The molecule has 0 saturated heterocycles. The van der Waals surface area contributed by atoms with Gasteiger partial charge in [-0.1, -0.05) is 11.6 Å². The van der Waals surface area contributed by atoms with Crippen LogP contribution in [0, 0.1) is 10.6 Å². The third-order valence-corrected chi connectivity index (χ3v) is 3.08. The van der Waals surface area contributed by atoms with Crippen molar-refractivity contribution in [3.63, 3.8) is 0 Å². The van der Waals surface area contributed by atoms with Crippen LogP contribution in [0.4, 0.5) is 4.39 Å². The number of hydrogen-bond acceptors (Lipinski definition) is 2. The lowest BCUT2D eigenvalue weighted by Crippen LogP contribution is -2.22. The quantitative estimate of drug-likeness (QED) is 0.799. The second kappa shape index (κ2) is 4.48. The molecule has 0 spiro atoms. The summed E-state index contributed by atoms with van der Waals surface area (Å²) in [6, 6.07) is 4.50. The van der Waals surface area contributed by atoms with Crippen molar-refractivity contribution in [1.82, 2.24) is 14.8 Å². The summed E-state index contributed by atoms with van der Waals surface area (Å²) in [5.74, 6) is 0.200. The first-order valence-corrected chi connectivity index (χ1v) is 6.22. The van der Waals surface area contributed by atoms with Crippen LogP contribution < -0.4 is 0 Å². The van der Waals surface area contributed by atoms with Gasteiger partial charge < -0.3 is 0 Å². The normalized spacial score (nSPS) is 11.8. The van der Waals surface area contributed by atoms with Crippen LogP contribution in [0.3, 0.4) is 0 Å². The minimum atomic E-state index is -0.447. The Morgan fingerprint density at radius 2 is 2.06 bits per heavy atom. The van der Waals surface area contributed by atoms with Gasteiger partial charge in [-0.2, -0.15) is 5.10 Å². The number of aromatic nitrogens is 3. The molecule has 0 aliphatic rings. The number of rotatable bonds is 1. The van der Waals surface area contributed by atoms with E-state index in [1.165, 1.54) is 6.07 Å². The SMILES string of the molecule is CC(C)(C)n1c(-c2ccc(F)c(Cl)c2)n[nH]c1=S. The zero-order chi connectivity index (χ0) is 13.5. The molecule has 96 valence electrons. The van der Waals surface area contributed by atoms with E-state index in [0.717, 1.165) is 5.56 Å². The summed E-state index contributed by atoms with van der Waals surface area (Å²) in [7, 11) is 0. The van der Waals surface area contributed by atoms with Crippen LogP contribution in [0.15, 0.2) is 18.2 Å². The molecule has 18 heavy (non-hydrogen) atoms. The van der Waals surface area contributed by atoms with Crippen molar-refractivity contribution in [2.45, 2.75) is 26.3 Å². The number of halogens is 2. The molecule has 0 radical (unpaired) electrons. The fourth-order valence-electron chi connectivity index (χ4n) is 1.75. The molecule has 2 rings (SSSR count). The predicted molar refractivity (Wildman–Crippen MR) is 72.8 cm³/mol. The molecule has 3 nitrogen and oxygen atoms in total. The smallest absolute Gasteiger partial charge is 0.195 e. The molecule has 6 heteroatoms. The topological polar surface area (TPSA) is 33.6 Å². The van der Waals surface area contributed by atoms with Crippen LogP contribution >= 0.6 is 23.8 Å². The maximum atomic E-state index is 13.2. The van der Waals surface area contributed by atoms with Gasteiger partial charge in [-0.3, -0.25) is 9.67 Å². The van der Waals surface area contributed by atoms with Crippen molar-refractivity contribution < 1.29 is 4.39 Å². The Labute approximate surface area is 115 Å².